The number of carbonyl (C=O) groups excluding carboxylic acids is 1. The third kappa shape index (κ3) is 2.91. The third-order valence-electron chi connectivity index (χ3n) is 3.54. The third-order valence-corrected chi connectivity index (χ3v) is 3.54. The maximum Gasteiger partial charge on any atom is 0.333 e. The quantitative estimate of drug-likeness (QED) is 0.755. The normalized spacial score (nSPS) is 18.1. The number of carbonyl (C=O) groups is 2. The number of piperazine rings is 1. The average Bonchev–Trinajstić information content (AvgIpc) is 2.48. The van der Waals surface area contributed by atoms with E-state index < -0.39 is 11.5 Å². The lowest BCUT2D eigenvalue weighted by Crippen LogP contribution is -2.57. The van der Waals surface area contributed by atoms with Crippen LogP contribution in [0.2, 0.25) is 0 Å². The van der Waals surface area contributed by atoms with Gasteiger partial charge in [0.2, 0.25) is 0 Å². The van der Waals surface area contributed by atoms with Crippen LogP contribution in [0.5, 0.6) is 0 Å². The van der Waals surface area contributed by atoms with Gasteiger partial charge in [-0.3, -0.25) is 0 Å². The van der Waals surface area contributed by atoms with Gasteiger partial charge in [-0.15, -0.1) is 0 Å². The molecule has 0 aliphatic carbocycles. The topological polar surface area (TPSA) is 81.7 Å². The van der Waals surface area contributed by atoms with Crippen molar-refractivity contribution >= 4 is 12.0 Å². The number of urea groups is 1. The summed E-state index contributed by atoms with van der Waals surface area (Å²) in [6, 6.07) is 8.38. The molecule has 1 aliphatic rings. The number of benzene rings is 1. The molecule has 1 aromatic carbocycles. The summed E-state index contributed by atoms with van der Waals surface area (Å²) in [5.74, 6) is -1.08. The second-order valence-electron chi connectivity index (χ2n) is 4.96. The van der Waals surface area contributed by atoms with Crippen LogP contribution in [0.25, 0.3) is 0 Å². The van der Waals surface area contributed by atoms with Crippen LogP contribution < -0.4 is 10.6 Å². The number of carboxylic acid groups (broad SMARTS) is 1. The van der Waals surface area contributed by atoms with Gasteiger partial charge in [-0.1, -0.05) is 30.3 Å². The van der Waals surface area contributed by atoms with Crippen LogP contribution in [0.3, 0.4) is 0 Å². The van der Waals surface area contributed by atoms with Gasteiger partial charge in [-0.2, -0.15) is 0 Å². The monoisotopic (exact) mass is 277 g/mol. The summed E-state index contributed by atoms with van der Waals surface area (Å²) < 4.78 is 0. The van der Waals surface area contributed by atoms with Gasteiger partial charge in [0, 0.05) is 26.2 Å². The number of rotatable bonds is 3. The SMILES string of the molecule is CC(NC(=O)N1CCNCC1)(C(=O)O)c1ccccc1. The second-order valence-corrected chi connectivity index (χ2v) is 4.96. The Balaban J connectivity index is 2.17. The lowest BCUT2D eigenvalue weighted by atomic mass is 9.92. The first kappa shape index (κ1) is 14.3. The molecular formula is C14H19N3O3. The van der Waals surface area contributed by atoms with Crippen LogP contribution in [-0.4, -0.2) is 48.2 Å². The first-order chi connectivity index (χ1) is 9.54. The van der Waals surface area contributed by atoms with Crippen LogP contribution in [0.4, 0.5) is 4.79 Å². The Hall–Kier alpha value is -2.08. The van der Waals surface area contributed by atoms with Gasteiger partial charge in [0.1, 0.15) is 0 Å². The van der Waals surface area contributed by atoms with Crippen LogP contribution >= 0.6 is 0 Å². The van der Waals surface area contributed by atoms with E-state index in [0.717, 1.165) is 13.1 Å². The molecule has 0 spiro atoms. The number of amides is 2. The van der Waals surface area contributed by atoms with Crippen LogP contribution in [0, 0.1) is 0 Å². The van der Waals surface area contributed by atoms with Crippen molar-refractivity contribution in [3.63, 3.8) is 0 Å². The van der Waals surface area contributed by atoms with Gasteiger partial charge in [0.15, 0.2) is 5.54 Å². The molecule has 2 amide bonds. The fourth-order valence-electron chi connectivity index (χ4n) is 2.18. The number of nitrogens with one attached hydrogen (secondary N) is 2. The number of carboxylic acids is 1. The molecular weight excluding hydrogens is 258 g/mol. The molecule has 6 heteroatoms. The van der Waals surface area contributed by atoms with E-state index in [1.807, 2.05) is 6.07 Å². The summed E-state index contributed by atoms with van der Waals surface area (Å²) in [4.78, 5) is 25.4. The second kappa shape index (κ2) is 5.92. The summed E-state index contributed by atoms with van der Waals surface area (Å²) >= 11 is 0. The van der Waals surface area contributed by atoms with Crippen molar-refractivity contribution in [1.29, 1.82) is 0 Å². The lowest BCUT2D eigenvalue weighted by Gasteiger charge is -2.33. The van der Waals surface area contributed by atoms with Crippen molar-refractivity contribution in [3.8, 4) is 0 Å². The Bertz CT molecular complexity index is 486. The van der Waals surface area contributed by atoms with E-state index in [1.54, 1.807) is 29.2 Å². The van der Waals surface area contributed by atoms with Crippen molar-refractivity contribution in [1.82, 2.24) is 15.5 Å². The zero-order chi connectivity index (χ0) is 14.6. The van der Waals surface area contributed by atoms with Crippen LogP contribution in [0.1, 0.15) is 12.5 Å². The van der Waals surface area contributed by atoms with Gasteiger partial charge in [0.25, 0.3) is 0 Å². The lowest BCUT2D eigenvalue weighted by molar-refractivity contribution is -0.144. The zero-order valence-electron chi connectivity index (χ0n) is 11.4. The van der Waals surface area contributed by atoms with Crippen molar-refractivity contribution in [3.05, 3.63) is 35.9 Å². The molecule has 1 fully saturated rings. The fraction of sp³-hybridized carbons (Fsp3) is 0.429. The Kier molecular flexibility index (Phi) is 4.24. The van der Waals surface area contributed by atoms with E-state index in [1.165, 1.54) is 6.92 Å². The Morgan fingerprint density at radius 2 is 1.85 bits per heavy atom. The molecule has 1 atom stereocenters. The molecule has 0 radical (unpaired) electrons. The average molecular weight is 277 g/mol. The highest BCUT2D eigenvalue weighted by Gasteiger charge is 2.38. The molecule has 1 saturated heterocycles. The molecule has 1 aliphatic heterocycles. The van der Waals surface area contributed by atoms with E-state index in [2.05, 4.69) is 10.6 Å². The molecule has 1 unspecified atom stereocenters. The van der Waals surface area contributed by atoms with Gasteiger partial charge in [-0.05, 0) is 12.5 Å². The minimum atomic E-state index is -1.43. The Morgan fingerprint density at radius 3 is 2.40 bits per heavy atom. The number of aliphatic carboxylic acids is 1. The van der Waals surface area contributed by atoms with Gasteiger partial charge in [0.05, 0.1) is 0 Å². The summed E-state index contributed by atoms with van der Waals surface area (Å²) in [6.45, 7) is 4.11. The molecule has 1 aromatic rings. The molecule has 3 N–H and O–H groups in total. The largest absolute Gasteiger partial charge is 0.479 e. The maximum absolute atomic E-state index is 12.2. The van der Waals surface area contributed by atoms with E-state index in [9.17, 15) is 14.7 Å². The first-order valence-corrected chi connectivity index (χ1v) is 6.61. The van der Waals surface area contributed by atoms with Gasteiger partial charge in [-0.25, -0.2) is 9.59 Å². The number of hydrogen-bond acceptors (Lipinski definition) is 3. The van der Waals surface area contributed by atoms with E-state index in [4.69, 9.17) is 0 Å². The summed E-state index contributed by atoms with van der Waals surface area (Å²) in [5, 5.41) is 15.3. The Labute approximate surface area is 117 Å². The molecule has 108 valence electrons. The molecule has 1 heterocycles. The minimum Gasteiger partial charge on any atom is -0.479 e. The predicted octanol–water partition coefficient (Wildman–Crippen LogP) is 0.601. The highest BCUT2D eigenvalue weighted by molar-refractivity contribution is 5.87. The summed E-state index contributed by atoms with van der Waals surface area (Å²) in [6.07, 6.45) is 0. The molecule has 0 aromatic heterocycles. The van der Waals surface area contributed by atoms with Crippen molar-refractivity contribution in [2.75, 3.05) is 26.2 Å². The van der Waals surface area contributed by atoms with Crippen molar-refractivity contribution in [2.45, 2.75) is 12.5 Å². The zero-order valence-corrected chi connectivity index (χ0v) is 11.4. The van der Waals surface area contributed by atoms with Crippen LogP contribution in [-0.2, 0) is 10.3 Å². The Morgan fingerprint density at radius 1 is 1.25 bits per heavy atom. The van der Waals surface area contributed by atoms with Gasteiger partial charge >= 0.3 is 12.0 Å². The van der Waals surface area contributed by atoms with Crippen molar-refractivity contribution in [2.24, 2.45) is 0 Å². The van der Waals surface area contributed by atoms with E-state index in [-0.39, 0.29) is 6.03 Å². The smallest absolute Gasteiger partial charge is 0.333 e. The maximum atomic E-state index is 12.2. The van der Waals surface area contributed by atoms with Crippen LogP contribution in [0.15, 0.2) is 30.3 Å². The minimum absolute atomic E-state index is 0.347. The number of hydrogen-bond donors (Lipinski definition) is 3. The van der Waals surface area contributed by atoms with Crippen molar-refractivity contribution < 1.29 is 14.7 Å². The van der Waals surface area contributed by atoms with E-state index in [0.29, 0.717) is 18.7 Å². The van der Waals surface area contributed by atoms with Gasteiger partial charge < -0.3 is 20.6 Å². The van der Waals surface area contributed by atoms with E-state index >= 15 is 0 Å². The highest BCUT2D eigenvalue weighted by Crippen LogP contribution is 2.21. The molecule has 6 nitrogen and oxygen atoms in total. The first-order valence-electron chi connectivity index (χ1n) is 6.61. The molecule has 2 rings (SSSR count). The summed E-state index contributed by atoms with van der Waals surface area (Å²) in [5.41, 5.74) is -0.876. The molecule has 20 heavy (non-hydrogen) atoms. The number of nitrogens with zero attached hydrogens (tertiary/aromatic N) is 1. The molecule has 0 bridgehead atoms. The summed E-state index contributed by atoms with van der Waals surface area (Å²) in [7, 11) is 0. The molecule has 0 saturated carbocycles. The predicted molar refractivity (Wildman–Crippen MR) is 74.4 cm³/mol. The fourth-order valence-corrected chi connectivity index (χ4v) is 2.18. The highest BCUT2D eigenvalue weighted by atomic mass is 16.4. The standard InChI is InChI=1S/C14H19N3O3/c1-14(12(18)19,11-5-3-2-4-6-11)16-13(20)17-9-7-15-8-10-17/h2-6,15H,7-10H2,1H3,(H,16,20)(H,18,19).